The Morgan fingerprint density at radius 3 is 2.45 bits per heavy atom. The number of carbonyl (C=O) groups is 2. The summed E-state index contributed by atoms with van der Waals surface area (Å²) in [6.07, 6.45) is 3.38. The number of ketones is 1. The molecule has 162 valence electrons. The number of esters is 1. The van der Waals surface area contributed by atoms with E-state index in [9.17, 15) is 24.9 Å². The standard InChI is InChI=1S/C23H34O6/c1-12(24)16-8-10-23(28)17-6-5-14-11-15(26)7-9-21(14,3)18(17)19(27)20(22(16,23)4)29-13(2)25/h5,15-20,26-28H,6-11H2,1-4H3/t15-,16+,17+,18+,19+,20+,21-,22-,23-/m0/s1. The number of carbonyl (C=O) groups excluding carboxylic acids is 2. The summed E-state index contributed by atoms with van der Waals surface area (Å²) in [7, 11) is 0. The van der Waals surface area contributed by atoms with Gasteiger partial charge < -0.3 is 20.1 Å². The molecule has 0 unspecified atom stereocenters. The lowest BCUT2D eigenvalue weighted by Crippen LogP contribution is -2.72. The van der Waals surface area contributed by atoms with E-state index in [-0.39, 0.29) is 29.1 Å². The molecule has 0 aromatic carbocycles. The highest BCUT2D eigenvalue weighted by atomic mass is 16.6. The van der Waals surface area contributed by atoms with Crippen LogP contribution in [0.1, 0.15) is 66.2 Å². The molecule has 0 spiro atoms. The first-order chi connectivity index (χ1) is 13.5. The maximum absolute atomic E-state index is 12.5. The molecule has 0 aromatic heterocycles. The van der Waals surface area contributed by atoms with Crippen LogP contribution in [0.15, 0.2) is 11.6 Å². The fourth-order valence-corrected chi connectivity index (χ4v) is 7.68. The molecule has 4 rings (SSSR count). The van der Waals surface area contributed by atoms with Crippen LogP contribution in [-0.2, 0) is 14.3 Å². The van der Waals surface area contributed by atoms with Gasteiger partial charge in [0.05, 0.1) is 17.8 Å². The van der Waals surface area contributed by atoms with Crippen molar-refractivity contribution in [3.8, 4) is 0 Å². The van der Waals surface area contributed by atoms with Gasteiger partial charge in [-0.3, -0.25) is 9.59 Å². The summed E-state index contributed by atoms with van der Waals surface area (Å²) in [5.74, 6) is -1.52. The SMILES string of the molecule is CC(=O)O[C@@H]1[C@H](O)[C@H]2[C@@H](CC=C3C[C@@H](O)CC[C@@]32C)[C@@]2(O)CC[C@H](C(C)=O)[C@@]12C. The monoisotopic (exact) mass is 406 g/mol. The molecule has 4 aliphatic rings. The van der Waals surface area contributed by atoms with Crippen LogP contribution in [0.2, 0.25) is 0 Å². The Bertz CT molecular complexity index is 760. The Kier molecular flexibility index (Phi) is 4.80. The van der Waals surface area contributed by atoms with Gasteiger partial charge in [-0.2, -0.15) is 0 Å². The predicted octanol–water partition coefficient (Wildman–Crippen LogP) is 2.14. The van der Waals surface area contributed by atoms with E-state index in [1.54, 1.807) is 0 Å². The van der Waals surface area contributed by atoms with Crippen LogP contribution in [0.5, 0.6) is 0 Å². The second-order valence-electron chi connectivity index (χ2n) is 10.3. The van der Waals surface area contributed by atoms with E-state index in [2.05, 4.69) is 13.0 Å². The minimum Gasteiger partial charge on any atom is -0.459 e. The maximum atomic E-state index is 12.5. The molecule has 3 fully saturated rings. The van der Waals surface area contributed by atoms with Crippen LogP contribution in [0, 0.1) is 28.6 Å². The molecule has 6 heteroatoms. The molecule has 0 bridgehead atoms. The summed E-state index contributed by atoms with van der Waals surface area (Å²) in [6, 6.07) is 0. The fourth-order valence-electron chi connectivity index (χ4n) is 7.68. The molecule has 0 radical (unpaired) electrons. The number of allylic oxidation sites excluding steroid dienone is 1. The first kappa shape index (κ1) is 21.0. The maximum Gasteiger partial charge on any atom is 0.303 e. The van der Waals surface area contributed by atoms with E-state index in [1.165, 1.54) is 13.8 Å². The molecule has 0 aromatic rings. The van der Waals surface area contributed by atoms with Crippen molar-refractivity contribution in [2.45, 2.75) is 90.1 Å². The van der Waals surface area contributed by atoms with Crippen molar-refractivity contribution >= 4 is 11.8 Å². The average Bonchev–Trinajstić information content (AvgIpc) is 2.91. The largest absolute Gasteiger partial charge is 0.459 e. The number of rotatable bonds is 2. The normalized spacial score (nSPS) is 51.3. The molecule has 0 heterocycles. The Morgan fingerprint density at radius 2 is 1.83 bits per heavy atom. The van der Waals surface area contributed by atoms with E-state index in [4.69, 9.17) is 4.74 Å². The molecule has 0 aliphatic heterocycles. The smallest absolute Gasteiger partial charge is 0.303 e. The van der Waals surface area contributed by atoms with Gasteiger partial charge in [0.1, 0.15) is 11.9 Å². The summed E-state index contributed by atoms with van der Waals surface area (Å²) >= 11 is 0. The van der Waals surface area contributed by atoms with Crippen LogP contribution in [0.3, 0.4) is 0 Å². The lowest BCUT2D eigenvalue weighted by molar-refractivity contribution is -0.269. The third-order valence-corrected chi connectivity index (χ3v) is 9.11. The minimum absolute atomic E-state index is 0.0368. The van der Waals surface area contributed by atoms with Gasteiger partial charge in [0.25, 0.3) is 0 Å². The average molecular weight is 407 g/mol. The van der Waals surface area contributed by atoms with Gasteiger partial charge in [-0.25, -0.2) is 0 Å². The van der Waals surface area contributed by atoms with Gasteiger partial charge in [-0.1, -0.05) is 25.5 Å². The number of ether oxygens (including phenoxy) is 1. The number of aliphatic hydroxyl groups is 3. The second-order valence-corrected chi connectivity index (χ2v) is 10.3. The molecule has 9 atom stereocenters. The van der Waals surface area contributed by atoms with Gasteiger partial charge in [-0.15, -0.1) is 0 Å². The highest BCUT2D eigenvalue weighted by molar-refractivity contribution is 5.80. The molecular formula is C23H34O6. The Labute approximate surface area is 172 Å². The van der Waals surface area contributed by atoms with Gasteiger partial charge >= 0.3 is 5.97 Å². The van der Waals surface area contributed by atoms with Crippen molar-refractivity contribution in [3.05, 3.63) is 11.6 Å². The van der Waals surface area contributed by atoms with Crippen LogP contribution in [0.25, 0.3) is 0 Å². The van der Waals surface area contributed by atoms with E-state index in [0.29, 0.717) is 38.5 Å². The lowest BCUT2D eigenvalue weighted by atomic mass is 9.44. The van der Waals surface area contributed by atoms with E-state index >= 15 is 0 Å². The second kappa shape index (κ2) is 6.63. The van der Waals surface area contributed by atoms with E-state index < -0.39 is 35.1 Å². The number of hydrogen-bond acceptors (Lipinski definition) is 6. The van der Waals surface area contributed by atoms with Crippen LogP contribution in [0.4, 0.5) is 0 Å². The summed E-state index contributed by atoms with van der Waals surface area (Å²) in [6.45, 7) is 6.77. The van der Waals surface area contributed by atoms with Crippen molar-refractivity contribution in [1.29, 1.82) is 0 Å². The Morgan fingerprint density at radius 1 is 1.14 bits per heavy atom. The van der Waals surface area contributed by atoms with Crippen molar-refractivity contribution in [2.24, 2.45) is 28.6 Å². The number of aliphatic hydroxyl groups excluding tert-OH is 2. The van der Waals surface area contributed by atoms with Crippen LogP contribution in [-0.4, -0.2) is 51.0 Å². The molecule has 0 amide bonds. The third-order valence-electron chi connectivity index (χ3n) is 9.11. The fraction of sp³-hybridized carbons (Fsp3) is 0.826. The van der Waals surface area contributed by atoms with Gasteiger partial charge in [0.2, 0.25) is 0 Å². The van der Waals surface area contributed by atoms with Gasteiger partial charge in [0.15, 0.2) is 0 Å². The summed E-state index contributed by atoms with van der Waals surface area (Å²) in [5, 5.41) is 33.9. The molecule has 4 aliphatic carbocycles. The van der Waals surface area contributed by atoms with Crippen molar-refractivity contribution in [2.75, 3.05) is 0 Å². The van der Waals surface area contributed by atoms with Gasteiger partial charge in [-0.05, 0) is 56.8 Å². The van der Waals surface area contributed by atoms with Gasteiger partial charge in [0, 0.05) is 24.2 Å². The van der Waals surface area contributed by atoms with Crippen LogP contribution >= 0.6 is 0 Å². The van der Waals surface area contributed by atoms with E-state index in [0.717, 1.165) is 5.57 Å². The zero-order valence-corrected chi connectivity index (χ0v) is 17.9. The number of Topliss-reactive ketones (excluding diaryl/α,β-unsaturated/α-hetero) is 1. The zero-order chi connectivity index (χ0) is 21.4. The minimum atomic E-state index is -1.20. The molecule has 6 nitrogen and oxygen atoms in total. The summed E-state index contributed by atoms with van der Waals surface area (Å²) < 4.78 is 5.69. The summed E-state index contributed by atoms with van der Waals surface area (Å²) in [4.78, 5) is 24.5. The zero-order valence-electron chi connectivity index (χ0n) is 17.9. The first-order valence-electron chi connectivity index (χ1n) is 10.9. The Balaban J connectivity index is 1.86. The quantitative estimate of drug-likeness (QED) is 0.479. The lowest BCUT2D eigenvalue weighted by Gasteiger charge is -2.64. The number of fused-ring (bicyclic) bond motifs is 5. The third kappa shape index (κ3) is 2.64. The molecule has 0 saturated heterocycles. The van der Waals surface area contributed by atoms with Crippen molar-refractivity contribution in [1.82, 2.24) is 0 Å². The Hall–Kier alpha value is -1.24. The van der Waals surface area contributed by atoms with Crippen LogP contribution < -0.4 is 0 Å². The first-order valence-corrected chi connectivity index (χ1v) is 10.9. The van der Waals surface area contributed by atoms with Crippen molar-refractivity contribution in [3.63, 3.8) is 0 Å². The molecular weight excluding hydrogens is 372 g/mol. The molecule has 29 heavy (non-hydrogen) atoms. The highest BCUT2D eigenvalue weighted by Crippen LogP contribution is 2.68. The molecule has 3 N–H and O–H groups in total. The topological polar surface area (TPSA) is 104 Å². The van der Waals surface area contributed by atoms with E-state index in [1.807, 2.05) is 6.92 Å². The number of hydrogen-bond donors (Lipinski definition) is 3. The highest BCUT2D eigenvalue weighted by Gasteiger charge is 2.74. The summed E-state index contributed by atoms with van der Waals surface area (Å²) in [5.41, 5.74) is -1.47. The predicted molar refractivity (Wildman–Crippen MR) is 106 cm³/mol. The molecule has 3 saturated carbocycles. The van der Waals surface area contributed by atoms with Crippen molar-refractivity contribution < 1.29 is 29.6 Å².